The summed E-state index contributed by atoms with van der Waals surface area (Å²) in [7, 11) is 0. The van der Waals surface area contributed by atoms with Gasteiger partial charge in [-0.2, -0.15) is 0 Å². The molecule has 1 aliphatic heterocycles. The van der Waals surface area contributed by atoms with E-state index in [2.05, 4.69) is 0 Å². The van der Waals surface area contributed by atoms with Crippen LogP contribution in [0.1, 0.15) is 19.4 Å². The van der Waals surface area contributed by atoms with E-state index in [0.29, 0.717) is 5.56 Å². The summed E-state index contributed by atoms with van der Waals surface area (Å²) in [5.74, 6) is -2.83. The van der Waals surface area contributed by atoms with Crippen LogP contribution in [0.25, 0.3) is 6.08 Å². The van der Waals surface area contributed by atoms with Gasteiger partial charge in [-0.25, -0.2) is 0 Å². The Morgan fingerprint density at radius 3 is 2.52 bits per heavy atom. The van der Waals surface area contributed by atoms with Gasteiger partial charge in [0.2, 0.25) is 0 Å². The topological polar surface area (TPSA) is 101 Å². The molecule has 23 heavy (non-hydrogen) atoms. The maximum atomic E-state index is 12.5. The maximum Gasteiger partial charge on any atom is 0.266 e. The van der Waals surface area contributed by atoms with E-state index in [1.165, 1.54) is 24.3 Å². The smallest absolute Gasteiger partial charge is 0.266 e. The highest BCUT2D eigenvalue weighted by molar-refractivity contribution is 8.26. The highest BCUT2D eigenvalue weighted by Crippen LogP contribution is 2.36. The first-order valence-electron chi connectivity index (χ1n) is 6.72. The zero-order chi connectivity index (χ0) is 17.3. The van der Waals surface area contributed by atoms with E-state index in [1.807, 2.05) is 0 Å². The predicted octanol–water partition coefficient (Wildman–Crippen LogP) is 1.07. The van der Waals surface area contributed by atoms with Crippen LogP contribution >= 0.6 is 24.0 Å². The zero-order valence-corrected chi connectivity index (χ0v) is 14.0. The molecule has 1 amide bonds. The number of carbonyl (C=O) groups is 2. The largest absolute Gasteiger partial charge is 0.548 e. The Hall–Kier alpha value is -2.06. The van der Waals surface area contributed by atoms with Crippen molar-refractivity contribution in [3.05, 3.63) is 28.7 Å². The van der Waals surface area contributed by atoms with Gasteiger partial charge in [0, 0.05) is 0 Å². The molecule has 1 aromatic carbocycles. The van der Waals surface area contributed by atoms with E-state index >= 15 is 0 Å². The third-order valence-electron chi connectivity index (χ3n) is 3.27. The summed E-state index contributed by atoms with van der Waals surface area (Å²) < 4.78 is 0.146. The first kappa shape index (κ1) is 17.3. The van der Waals surface area contributed by atoms with Crippen molar-refractivity contribution < 1.29 is 24.9 Å². The SMILES string of the molecule is CC(C)[C@H](C(=O)[O-])N1C(=O)/C(=C\c2ccc(O)c(O)c2)SC1=S. The number of thioether (sulfide) groups is 1. The van der Waals surface area contributed by atoms with Crippen molar-refractivity contribution in [2.24, 2.45) is 5.92 Å². The summed E-state index contributed by atoms with van der Waals surface area (Å²) in [6, 6.07) is 2.96. The summed E-state index contributed by atoms with van der Waals surface area (Å²) >= 11 is 6.10. The van der Waals surface area contributed by atoms with E-state index in [1.54, 1.807) is 13.8 Å². The van der Waals surface area contributed by atoms with Gasteiger partial charge < -0.3 is 20.1 Å². The molecule has 1 fully saturated rings. The molecule has 0 saturated carbocycles. The monoisotopic (exact) mass is 352 g/mol. The molecule has 0 aliphatic carbocycles. The average Bonchev–Trinajstić information content (AvgIpc) is 2.70. The van der Waals surface area contributed by atoms with Crippen LogP contribution in [-0.4, -0.2) is 37.4 Å². The van der Waals surface area contributed by atoms with Gasteiger partial charge >= 0.3 is 0 Å². The van der Waals surface area contributed by atoms with Crippen LogP contribution in [0.3, 0.4) is 0 Å². The quantitative estimate of drug-likeness (QED) is 0.475. The number of amides is 1. The van der Waals surface area contributed by atoms with Gasteiger partial charge in [-0.3, -0.25) is 9.69 Å². The van der Waals surface area contributed by atoms with E-state index in [4.69, 9.17) is 12.2 Å². The molecule has 1 heterocycles. The third-order valence-corrected chi connectivity index (χ3v) is 4.60. The second-order valence-electron chi connectivity index (χ2n) is 5.31. The minimum absolute atomic E-state index is 0.146. The Labute approximate surface area is 142 Å². The van der Waals surface area contributed by atoms with Crippen molar-refractivity contribution in [3.63, 3.8) is 0 Å². The molecule has 0 aromatic heterocycles. The van der Waals surface area contributed by atoms with Crippen molar-refractivity contribution in [1.82, 2.24) is 4.90 Å². The van der Waals surface area contributed by atoms with Crippen molar-refractivity contribution in [3.8, 4) is 11.5 Å². The highest BCUT2D eigenvalue weighted by Gasteiger charge is 2.39. The van der Waals surface area contributed by atoms with Crippen molar-refractivity contribution in [2.75, 3.05) is 0 Å². The van der Waals surface area contributed by atoms with E-state index < -0.39 is 17.9 Å². The fraction of sp³-hybridized carbons (Fsp3) is 0.267. The summed E-state index contributed by atoms with van der Waals surface area (Å²) in [6.45, 7) is 3.33. The number of phenols is 2. The van der Waals surface area contributed by atoms with Crippen LogP contribution in [0, 0.1) is 5.92 Å². The lowest BCUT2D eigenvalue weighted by molar-refractivity contribution is -0.311. The molecule has 0 radical (unpaired) electrons. The number of nitrogens with zero attached hydrogens (tertiary/aromatic N) is 1. The summed E-state index contributed by atoms with van der Waals surface area (Å²) in [4.78, 5) is 25.1. The standard InChI is InChI=1S/C15H15NO5S2/c1-7(2)12(14(20)21)16-13(19)11(23-15(16)22)6-8-3-4-9(17)10(18)5-8/h3-7,12,17-18H,1-2H3,(H,20,21)/p-1/b11-6+/t12-/m1/s1. The van der Waals surface area contributed by atoms with Crippen molar-refractivity contribution in [1.29, 1.82) is 0 Å². The van der Waals surface area contributed by atoms with E-state index in [-0.39, 0.29) is 26.6 Å². The maximum absolute atomic E-state index is 12.5. The molecule has 1 atom stereocenters. The second-order valence-corrected chi connectivity index (χ2v) is 6.98. The first-order chi connectivity index (χ1) is 10.7. The number of hydrogen-bond donors (Lipinski definition) is 2. The average molecular weight is 352 g/mol. The van der Waals surface area contributed by atoms with Crippen LogP contribution in [0.4, 0.5) is 0 Å². The van der Waals surface area contributed by atoms with Gasteiger partial charge in [0.25, 0.3) is 5.91 Å². The van der Waals surface area contributed by atoms with Crippen LogP contribution in [0.15, 0.2) is 23.1 Å². The summed E-state index contributed by atoms with van der Waals surface area (Å²) in [5.41, 5.74) is 0.482. The van der Waals surface area contributed by atoms with Crippen LogP contribution in [0.2, 0.25) is 0 Å². The van der Waals surface area contributed by atoms with Gasteiger partial charge in [0.1, 0.15) is 4.32 Å². The van der Waals surface area contributed by atoms with Gasteiger partial charge in [-0.1, -0.05) is 43.9 Å². The Kier molecular flexibility index (Phi) is 4.96. The Balaban J connectivity index is 2.35. The number of carboxylic acids is 1. The minimum atomic E-state index is -1.36. The Bertz CT molecular complexity index is 714. The molecule has 1 aliphatic rings. The number of benzene rings is 1. The number of aliphatic carboxylic acids is 1. The number of thiocarbonyl (C=S) groups is 1. The van der Waals surface area contributed by atoms with Gasteiger partial charge in [0.05, 0.1) is 16.9 Å². The lowest BCUT2D eigenvalue weighted by Gasteiger charge is -2.30. The highest BCUT2D eigenvalue weighted by atomic mass is 32.2. The molecule has 0 bridgehead atoms. The van der Waals surface area contributed by atoms with Gasteiger partial charge in [0.15, 0.2) is 11.5 Å². The summed E-state index contributed by atoms with van der Waals surface area (Å²) in [5, 5.41) is 30.1. The lowest BCUT2D eigenvalue weighted by atomic mass is 10.0. The van der Waals surface area contributed by atoms with Crippen LogP contribution in [-0.2, 0) is 9.59 Å². The number of carbonyl (C=O) groups excluding carboxylic acids is 2. The number of carboxylic acid groups (broad SMARTS) is 1. The molecule has 0 unspecified atom stereocenters. The molecule has 1 saturated heterocycles. The minimum Gasteiger partial charge on any atom is -0.548 e. The molecule has 122 valence electrons. The lowest BCUT2D eigenvalue weighted by Crippen LogP contribution is -2.52. The molecule has 1 aromatic rings. The fourth-order valence-electron chi connectivity index (χ4n) is 2.18. The Morgan fingerprint density at radius 1 is 1.35 bits per heavy atom. The number of phenolic OH excluding ortho intramolecular Hbond substituents is 2. The van der Waals surface area contributed by atoms with E-state index in [0.717, 1.165) is 16.7 Å². The molecule has 6 nitrogen and oxygen atoms in total. The number of rotatable bonds is 4. The predicted molar refractivity (Wildman–Crippen MR) is 88.4 cm³/mol. The van der Waals surface area contributed by atoms with Crippen LogP contribution in [0.5, 0.6) is 11.5 Å². The molecule has 0 spiro atoms. The summed E-state index contributed by atoms with van der Waals surface area (Å²) in [6.07, 6.45) is 1.48. The van der Waals surface area contributed by atoms with Gasteiger partial charge in [-0.15, -0.1) is 0 Å². The van der Waals surface area contributed by atoms with Crippen LogP contribution < -0.4 is 5.11 Å². The van der Waals surface area contributed by atoms with Crippen molar-refractivity contribution >= 4 is 46.3 Å². The fourth-order valence-corrected chi connectivity index (χ4v) is 3.51. The Morgan fingerprint density at radius 2 is 2.00 bits per heavy atom. The van der Waals surface area contributed by atoms with Gasteiger partial charge in [-0.05, 0) is 29.7 Å². The molecular weight excluding hydrogens is 338 g/mol. The first-order valence-corrected chi connectivity index (χ1v) is 7.94. The normalized spacial score (nSPS) is 18.0. The van der Waals surface area contributed by atoms with Crippen molar-refractivity contribution in [2.45, 2.75) is 19.9 Å². The molecular formula is C15H14NO5S2-. The number of aromatic hydroxyl groups is 2. The molecule has 2 N–H and O–H groups in total. The molecule has 2 rings (SSSR count). The van der Waals surface area contributed by atoms with E-state index in [9.17, 15) is 24.9 Å². The molecule has 8 heteroatoms. The zero-order valence-electron chi connectivity index (χ0n) is 12.3. The second kappa shape index (κ2) is 6.59. The number of hydrogen-bond acceptors (Lipinski definition) is 7. The third kappa shape index (κ3) is 3.48.